The van der Waals surface area contributed by atoms with Gasteiger partial charge in [-0.15, -0.1) is 0 Å². The highest BCUT2D eigenvalue weighted by Crippen LogP contribution is 2.47. The maximum Gasteiger partial charge on any atom is 0.229 e. The quantitative estimate of drug-likeness (QED) is 0.402. The number of benzene rings is 1. The van der Waals surface area contributed by atoms with Gasteiger partial charge in [-0.3, -0.25) is 9.89 Å². The van der Waals surface area contributed by atoms with Gasteiger partial charge in [0.25, 0.3) is 0 Å². The molecule has 1 saturated heterocycles. The lowest BCUT2D eigenvalue weighted by atomic mass is 9.73. The first-order valence-electron chi connectivity index (χ1n) is 13.5. The Morgan fingerprint density at radius 2 is 1.66 bits per heavy atom. The molecular formula is C29H35F2N7. The van der Waals surface area contributed by atoms with Gasteiger partial charge in [0.05, 0.1) is 6.20 Å². The molecule has 1 fully saturated rings. The first-order valence-corrected chi connectivity index (χ1v) is 13.5. The van der Waals surface area contributed by atoms with E-state index in [2.05, 4.69) is 55.8 Å². The summed E-state index contributed by atoms with van der Waals surface area (Å²) in [5.41, 5.74) is 3.20. The number of aromatic nitrogens is 3. The lowest BCUT2D eigenvalue weighted by molar-refractivity contribution is 0.132. The summed E-state index contributed by atoms with van der Waals surface area (Å²) in [6.45, 7) is 14.5. The van der Waals surface area contributed by atoms with E-state index in [0.717, 1.165) is 75.1 Å². The molecule has 2 aliphatic rings. The molecule has 1 N–H and O–H groups in total. The molecule has 5 rings (SSSR count). The van der Waals surface area contributed by atoms with Crippen LogP contribution >= 0.6 is 0 Å². The molecule has 0 unspecified atom stereocenters. The van der Waals surface area contributed by atoms with Crippen molar-refractivity contribution in [2.24, 2.45) is 4.99 Å². The summed E-state index contributed by atoms with van der Waals surface area (Å²) in [6, 6.07) is 7.03. The largest absolute Gasteiger partial charge is 0.309 e. The predicted molar refractivity (Wildman–Crippen MR) is 147 cm³/mol. The number of likely N-dealkylation sites (N-methyl/N-ethyl adjacent to an activating group) is 1. The van der Waals surface area contributed by atoms with Crippen molar-refractivity contribution in [1.29, 1.82) is 0 Å². The Kier molecular flexibility index (Phi) is 7.49. The summed E-state index contributed by atoms with van der Waals surface area (Å²) in [5.74, 6) is -0.331. The fourth-order valence-electron chi connectivity index (χ4n) is 5.68. The van der Waals surface area contributed by atoms with Crippen molar-refractivity contribution in [2.75, 3.05) is 38.0 Å². The standard InChI is InChI=1S/C29H35F2N7/c1-5-29(6-2)19(4)34-27-22(29)14-21(15-23(27)30)26-24(31)17-33-28(36-26)35-25-9-8-20(16-32-25)18-38-12-10-37(7-3)11-13-38/h8-9,14-17H,5-7,10-13,18H2,1-4H3,(H,32,33,35,36). The molecule has 2 aromatic heterocycles. The predicted octanol–water partition coefficient (Wildman–Crippen LogP) is 5.86. The normalized spacial score (nSPS) is 17.4. The van der Waals surface area contributed by atoms with E-state index in [0.29, 0.717) is 17.1 Å². The molecule has 7 nitrogen and oxygen atoms in total. The first-order chi connectivity index (χ1) is 18.4. The molecule has 0 saturated carbocycles. The molecule has 0 atom stereocenters. The van der Waals surface area contributed by atoms with E-state index in [1.165, 1.54) is 6.07 Å². The number of aliphatic imine (C=N–C) groups is 1. The number of hydrogen-bond acceptors (Lipinski definition) is 7. The first kappa shape index (κ1) is 26.3. The SMILES string of the molecule is CCN1CCN(Cc2ccc(Nc3ncc(F)c(-c4cc(F)c5c(c4)C(CC)(CC)C(C)=N5)n3)nc2)CC1. The van der Waals surface area contributed by atoms with Crippen molar-refractivity contribution in [1.82, 2.24) is 24.8 Å². The number of fused-ring (bicyclic) bond motifs is 1. The minimum Gasteiger partial charge on any atom is -0.309 e. The molecule has 2 aliphatic heterocycles. The fraction of sp³-hybridized carbons (Fsp3) is 0.448. The Labute approximate surface area is 223 Å². The molecule has 3 aromatic rings. The molecule has 1 aromatic carbocycles. The molecule has 0 amide bonds. The number of nitrogens with zero attached hydrogens (tertiary/aromatic N) is 6. The molecule has 38 heavy (non-hydrogen) atoms. The molecular weight excluding hydrogens is 484 g/mol. The lowest BCUT2D eigenvalue weighted by Gasteiger charge is -2.33. The van der Waals surface area contributed by atoms with Crippen molar-refractivity contribution in [3.05, 3.63) is 59.4 Å². The van der Waals surface area contributed by atoms with Crippen molar-refractivity contribution in [2.45, 2.75) is 52.5 Å². The molecule has 0 radical (unpaired) electrons. The summed E-state index contributed by atoms with van der Waals surface area (Å²) in [4.78, 5) is 22.4. The van der Waals surface area contributed by atoms with Gasteiger partial charge in [-0.1, -0.05) is 26.8 Å². The summed E-state index contributed by atoms with van der Waals surface area (Å²) in [5, 5.41) is 3.06. The third kappa shape index (κ3) is 4.92. The third-order valence-electron chi connectivity index (χ3n) is 8.16. The smallest absolute Gasteiger partial charge is 0.229 e. The number of nitrogens with one attached hydrogen (secondary N) is 1. The zero-order valence-corrected chi connectivity index (χ0v) is 22.6. The molecule has 9 heteroatoms. The number of hydrogen-bond donors (Lipinski definition) is 1. The monoisotopic (exact) mass is 519 g/mol. The Bertz CT molecular complexity index is 1330. The highest BCUT2D eigenvalue weighted by molar-refractivity contribution is 6.00. The second-order valence-electron chi connectivity index (χ2n) is 10.1. The van der Waals surface area contributed by atoms with Crippen LogP contribution in [0.4, 0.5) is 26.2 Å². The molecule has 0 bridgehead atoms. The molecule has 200 valence electrons. The van der Waals surface area contributed by atoms with Crippen LogP contribution in [0, 0.1) is 11.6 Å². The minimum atomic E-state index is -0.615. The van der Waals surface area contributed by atoms with E-state index >= 15 is 4.39 Å². The summed E-state index contributed by atoms with van der Waals surface area (Å²) < 4.78 is 30.1. The Morgan fingerprint density at radius 1 is 0.921 bits per heavy atom. The van der Waals surface area contributed by atoms with E-state index in [4.69, 9.17) is 0 Å². The van der Waals surface area contributed by atoms with E-state index in [-0.39, 0.29) is 17.1 Å². The zero-order valence-electron chi connectivity index (χ0n) is 22.6. The van der Waals surface area contributed by atoms with Gasteiger partial charge >= 0.3 is 0 Å². The van der Waals surface area contributed by atoms with Crippen LogP contribution in [-0.4, -0.2) is 63.2 Å². The van der Waals surface area contributed by atoms with Crippen molar-refractivity contribution < 1.29 is 8.78 Å². The summed E-state index contributed by atoms with van der Waals surface area (Å²) in [6.07, 6.45) is 4.51. The van der Waals surface area contributed by atoms with Crippen LogP contribution in [0.3, 0.4) is 0 Å². The second kappa shape index (κ2) is 10.8. The number of anilines is 2. The van der Waals surface area contributed by atoms with Gasteiger partial charge < -0.3 is 10.2 Å². The molecule has 0 aliphatic carbocycles. The molecule has 0 spiro atoms. The van der Waals surface area contributed by atoms with Crippen LogP contribution in [0.1, 0.15) is 51.7 Å². The van der Waals surface area contributed by atoms with Gasteiger partial charge in [0.2, 0.25) is 5.95 Å². The zero-order chi connectivity index (χ0) is 26.9. The van der Waals surface area contributed by atoms with E-state index in [9.17, 15) is 4.39 Å². The van der Waals surface area contributed by atoms with Crippen LogP contribution in [0.5, 0.6) is 0 Å². The highest BCUT2D eigenvalue weighted by atomic mass is 19.1. The summed E-state index contributed by atoms with van der Waals surface area (Å²) in [7, 11) is 0. The van der Waals surface area contributed by atoms with Crippen LogP contribution in [0.25, 0.3) is 11.3 Å². The average Bonchev–Trinajstić information content (AvgIpc) is 3.23. The number of pyridine rings is 1. The molecule has 4 heterocycles. The van der Waals surface area contributed by atoms with Crippen molar-refractivity contribution >= 4 is 23.2 Å². The lowest BCUT2D eigenvalue weighted by Crippen LogP contribution is -2.45. The number of piperazine rings is 1. The topological polar surface area (TPSA) is 69.5 Å². The van der Waals surface area contributed by atoms with E-state index in [1.54, 1.807) is 0 Å². The van der Waals surface area contributed by atoms with E-state index in [1.807, 2.05) is 31.3 Å². The highest BCUT2D eigenvalue weighted by Gasteiger charge is 2.40. The van der Waals surface area contributed by atoms with Gasteiger partial charge in [0, 0.05) is 55.6 Å². The van der Waals surface area contributed by atoms with Gasteiger partial charge in [0.15, 0.2) is 5.82 Å². The van der Waals surface area contributed by atoms with Crippen molar-refractivity contribution in [3.8, 4) is 11.3 Å². The second-order valence-corrected chi connectivity index (χ2v) is 10.1. The maximum absolute atomic E-state index is 15.1. The van der Waals surface area contributed by atoms with Gasteiger partial charge in [-0.2, -0.15) is 0 Å². The fourth-order valence-corrected chi connectivity index (χ4v) is 5.68. The summed E-state index contributed by atoms with van der Waals surface area (Å²) >= 11 is 0. The minimum absolute atomic E-state index is 0.0395. The maximum atomic E-state index is 15.1. The average molecular weight is 520 g/mol. The van der Waals surface area contributed by atoms with Crippen LogP contribution in [0.2, 0.25) is 0 Å². The van der Waals surface area contributed by atoms with Gasteiger partial charge in [-0.25, -0.2) is 23.7 Å². The third-order valence-corrected chi connectivity index (χ3v) is 8.16. The number of halogens is 2. The van der Waals surface area contributed by atoms with Crippen LogP contribution in [-0.2, 0) is 12.0 Å². The van der Waals surface area contributed by atoms with Gasteiger partial charge in [-0.05, 0) is 55.6 Å². The van der Waals surface area contributed by atoms with E-state index < -0.39 is 11.6 Å². The van der Waals surface area contributed by atoms with Gasteiger partial charge in [0.1, 0.15) is 23.0 Å². The van der Waals surface area contributed by atoms with Crippen LogP contribution < -0.4 is 5.32 Å². The number of rotatable bonds is 8. The Balaban J connectivity index is 1.34. The Hall–Kier alpha value is -3.30. The van der Waals surface area contributed by atoms with Crippen LogP contribution in [0.15, 0.2) is 41.7 Å². The Morgan fingerprint density at radius 3 is 2.32 bits per heavy atom. The van der Waals surface area contributed by atoms with Crippen molar-refractivity contribution in [3.63, 3.8) is 0 Å².